The van der Waals surface area contributed by atoms with Gasteiger partial charge in [0.25, 0.3) is 0 Å². The molecule has 0 spiro atoms. The van der Waals surface area contributed by atoms with Gasteiger partial charge in [-0.15, -0.1) is 0 Å². The highest BCUT2D eigenvalue weighted by molar-refractivity contribution is 7.16. The molecule has 0 aromatic rings. The average molecular weight is 198 g/mol. The molecular weight excluding hydrogens is 174 g/mol. The van der Waals surface area contributed by atoms with Crippen molar-refractivity contribution in [3.8, 4) is 0 Å². The van der Waals surface area contributed by atoms with Crippen LogP contribution in [0.3, 0.4) is 0 Å². The van der Waals surface area contributed by atoms with Gasteiger partial charge < -0.3 is 9.68 Å². The van der Waals surface area contributed by atoms with Crippen molar-refractivity contribution in [3.05, 3.63) is 0 Å². The summed E-state index contributed by atoms with van der Waals surface area (Å²) in [6.45, 7) is 12.7. The van der Waals surface area contributed by atoms with Crippen molar-refractivity contribution in [3.63, 3.8) is 0 Å². The van der Waals surface area contributed by atoms with Crippen LogP contribution in [0.2, 0.25) is 12.6 Å². The third kappa shape index (κ3) is 4.05. The fourth-order valence-electron chi connectivity index (χ4n) is 1.24. The first kappa shape index (κ1) is 14.0. The second kappa shape index (κ2) is 5.82. The van der Waals surface area contributed by atoms with Gasteiger partial charge >= 0.3 is 7.01 Å². The van der Waals surface area contributed by atoms with Crippen LogP contribution in [0.4, 0.5) is 0 Å². The smallest absolute Gasteiger partial charge is 0.404 e. The highest BCUT2D eigenvalue weighted by Crippen LogP contribution is 2.22. The molecular formula is C10H24B2O2. The Labute approximate surface area is 89.6 Å². The molecule has 0 rings (SSSR count). The number of hydrogen-bond donors (Lipinski definition) is 1. The highest BCUT2D eigenvalue weighted by Gasteiger charge is 2.34. The molecule has 1 N–H and O–H groups in total. The van der Waals surface area contributed by atoms with E-state index in [-0.39, 0.29) is 12.2 Å². The summed E-state index contributed by atoms with van der Waals surface area (Å²) in [4.78, 5) is 0. The second-order valence-electron chi connectivity index (χ2n) is 4.84. The van der Waals surface area contributed by atoms with E-state index in [9.17, 15) is 5.02 Å². The van der Waals surface area contributed by atoms with E-state index in [2.05, 4.69) is 27.7 Å². The van der Waals surface area contributed by atoms with Gasteiger partial charge in [0.05, 0.1) is 0 Å². The lowest BCUT2D eigenvalue weighted by Crippen LogP contribution is -2.46. The summed E-state index contributed by atoms with van der Waals surface area (Å²) in [5.74, 6) is 0.409. The van der Waals surface area contributed by atoms with Gasteiger partial charge in [0.1, 0.15) is 0 Å². The topological polar surface area (TPSA) is 29.5 Å². The van der Waals surface area contributed by atoms with Gasteiger partial charge in [-0.25, -0.2) is 0 Å². The van der Waals surface area contributed by atoms with Crippen molar-refractivity contribution in [1.82, 2.24) is 0 Å². The zero-order chi connectivity index (χ0) is 11.4. The van der Waals surface area contributed by atoms with Crippen LogP contribution in [0.15, 0.2) is 0 Å². The maximum atomic E-state index is 9.87. The van der Waals surface area contributed by atoms with E-state index in [0.717, 1.165) is 12.6 Å². The molecule has 0 unspecified atom stereocenters. The van der Waals surface area contributed by atoms with E-state index in [0.29, 0.717) is 5.92 Å². The van der Waals surface area contributed by atoms with Crippen molar-refractivity contribution in [2.24, 2.45) is 5.92 Å². The lowest BCUT2D eigenvalue weighted by molar-refractivity contribution is 0.0441. The zero-order valence-corrected chi connectivity index (χ0v) is 10.5. The molecule has 0 heterocycles. The van der Waals surface area contributed by atoms with Gasteiger partial charge in [-0.2, -0.15) is 0 Å². The third-order valence-corrected chi connectivity index (χ3v) is 3.27. The van der Waals surface area contributed by atoms with Crippen LogP contribution in [-0.2, 0) is 4.65 Å². The van der Waals surface area contributed by atoms with Gasteiger partial charge in [-0.3, -0.25) is 0 Å². The van der Waals surface area contributed by atoms with E-state index < -0.39 is 7.01 Å². The Bertz CT molecular complexity index is 156. The minimum absolute atomic E-state index is 0.248. The van der Waals surface area contributed by atoms with Crippen molar-refractivity contribution in [2.45, 2.75) is 59.8 Å². The molecule has 0 amide bonds. The monoisotopic (exact) mass is 198 g/mol. The first-order valence-corrected chi connectivity index (χ1v) is 5.71. The zero-order valence-electron chi connectivity index (χ0n) is 10.5. The van der Waals surface area contributed by atoms with Crippen LogP contribution in [0.1, 0.15) is 41.5 Å². The van der Waals surface area contributed by atoms with E-state index in [4.69, 9.17) is 4.65 Å². The van der Waals surface area contributed by atoms with Crippen LogP contribution >= 0.6 is 0 Å². The molecule has 82 valence electrons. The molecule has 2 nitrogen and oxygen atoms in total. The van der Waals surface area contributed by atoms with Gasteiger partial charge in [0.15, 0.2) is 6.60 Å². The van der Waals surface area contributed by atoms with Crippen LogP contribution < -0.4 is 0 Å². The predicted octanol–water partition coefficient (Wildman–Crippen LogP) is 2.53. The molecule has 0 aliphatic carbocycles. The molecule has 0 radical (unpaired) electrons. The molecule has 0 aromatic carbocycles. The van der Waals surface area contributed by atoms with Gasteiger partial charge in [-0.05, 0) is 19.8 Å². The third-order valence-electron chi connectivity index (χ3n) is 3.27. The lowest BCUT2D eigenvalue weighted by atomic mass is 9.22. The van der Waals surface area contributed by atoms with E-state index in [1.165, 1.54) is 0 Å². The van der Waals surface area contributed by atoms with Crippen LogP contribution in [0.25, 0.3) is 0 Å². The molecule has 4 heteroatoms. The molecule has 0 bridgehead atoms. The molecule has 0 aromatic heterocycles. The summed E-state index contributed by atoms with van der Waals surface area (Å²) in [7, 11) is -0.623. The van der Waals surface area contributed by atoms with E-state index >= 15 is 0 Å². The molecule has 0 aliphatic heterocycles. The van der Waals surface area contributed by atoms with E-state index in [1.807, 2.05) is 13.8 Å². The van der Waals surface area contributed by atoms with Gasteiger partial charge in [0, 0.05) is 5.60 Å². The van der Waals surface area contributed by atoms with Crippen molar-refractivity contribution in [1.29, 1.82) is 0 Å². The van der Waals surface area contributed by atoms with Crippen molar-refractivity contribution < 1.29 is 9.68 Å². The number of rotatable bonds is 6. The highest BCUT2D eigenvalue weighted by atomic mass is 16.5. The summed E-state index contributed by atoms with van der Waals surface area (Å²) < 4.78 is 5.70. The molecule has 0 fully saturated rings. The summed E-state index contributed by atoms with van der Waals surface area (Å²) in [5, 5.41) is 9.87. The number of hydrogen-bond acceptors (Lipinski definition) is 2. The maximum Gasteiger partial charge on any atom is 0.404 e. The summed E-state index contributed by atoms with van der Waals surface area (Å²) in [5.41, 5.74) is -0.248. The average Bonchev–Trinajstić information content (AvgIpc) is 2.05. The minimum Gasteiger partial charge on any atom is -0.433 e. The van der Waals surface area contributed by atoms with Gasteiger partial charge in [-0.1, -0.05) is 40.3 Å². The Morgan fingerprint density at radius 1 is 1.21 bits per heavy atom. The Hall–Kier alpha value is 0.0499. The van der Waals surface area contributed by atoms with Crippen molar-refractivity contribution in [2.75, 3.05) is 0 Å². The fourth-order valence-corrected chi connectivity index (χ4v) is 1.24. The normalized spacial score (nSPS) is 12.0. The minimum atomic E-state index is -0.623. The largest absolute Gasteiger partial charge is 0.433 e. The first-order chi connectivity index (χ1) is 6.35. The van der Waals surface area contributed by atoms with Crippen LogP contribution in [0, 0.1) is 5.92 Å². The van der Waals surface area contributed by atoms with Gasteiger partial charge in [0.2, 0.25) is 0 Å². The Kier molecular flexibility index (Phi) is 5.84. The summed E-state index contributed by atoms with van der Waals surface area (Å²) >= 11 is 0. The summed E-state index contributed by atoms with van der Waals surface area (Å²) in [6, 6.07) is 0. The Balaban J connectivity index is 4.22. The molecule has 0 saturated heterocycles. The Morgan fingerprint density at radius 3 is 1.93 bits per heavy atom. The van der Waals surface area contributed by atoms with Crippen molar-refractivity contribution >= 4 is 13.6 Å². The van der Waals surface area contributed by atoms with Crippen LogP contribution in [0.5, 0.6) is 0 Å². The molecule has 0 atom stereocenters. The second-order valence-corrected chi connectivity index (χ2v) is 4.84. The summed E-state index contributed by atoms with van der Waals surface area (Å²) in [6.07, 6.45) is 1.93. The fraction of sp³-hybridized carbons (Fsp3) is 1.00. The van der Waals surface area contributed by atoms with E-state index in [1.54, 1.807) is 0 Å². The standard InChI is InChI=1S/C10H24B2O2/c1-7-11(8-2)12(13)14-10(5,6)9(3)4/h9,13H,7-8H2,1-6H3. The Morgan fingerprint density at radius 2 is 1.64 bits per heavy atom. The predicted molar refractivity (Wildman–Crippen MR) is 64.7 cm³/mol. The quantitative estimate of drug-likeness (QED) is 0.664. The SMILES string of the molecule is CCB(CC)B(O)OC(C)(C)C(C)C. The lowest BCUT2D eigenvalue weighted by Gasteiger charge is -2.33. The first-order valence-electron chi connectivity index (χ1n) is 5.71. The molecule has 14 heavy (non-hydrogen) atoms. The van der Waals surface area contributed by atoms with Crippen LogP contribution in [-0.4, -0.2) is 24.2 Å². The molecule has 0 saturated carbocycles. The molecule has 0 aliphatic rings. The maximum absolute atomic E-state index is 9.87.